The number of alkyl halides is 2. The van der Waals surface area contributed by atoms with Crippen molar-refractivity contribution in [2.45, 2.75) is 63.6 Å². The molecule has 0 radical (unpaired) electrons. The van der Waals surface area contributed by atoms with E-state index >= 15 is 0 Å². The van der Waals surface area contributed by atoms with Gasteiger partial charge in [0.05, 0.1) is 12.7 Å². The minimum atomic E-state index is -2.63. The zero-order chi connectivity index (χ0) is 16.1. The number of nitrogens with one attached hydrogen (secondary N) is 1. The van der Waals surface area contributed by atoms with E-state index in [-0.39, 0.29) is 36.4 Å². The summed E-state index contributed by atoms with van der Waals surface area (Å²) in [4.78, 5) is 9.77. The molecule has 2 fully saturated rings. The molecule has 7 heteroatoms. The summed E-state index contributed by atoms with van der Waals surface area (Å²) in [5.74, 6) is -2.50. The van der Waals surface area contributed by atoms with Crippen molar-refractivity contribution in [1.82, 2.24) is 14.9 Å². The zero-order valence-corrected chi connectivity index (χ0v) is 13.0. The molecule has 0 spiro atoms. The molecule has 1 aromatic rings. The van der Waals surface area contributed by atoms with Crippen LogP contribution in [-0.2, 0) is 0 Å². The zero-order valence-electron chi connectivity index (χ0n) is 13.0. The SMILES string of the molecule is Cc1ncc(F)c(NC2CC3CC(F)(F)CN3C(C)(C)C2)n1. The summed E-state index contributed by atoms with van der Waals surface area (Å²) in [6.45, 7) is 5.45. The van der Waals surface area contributed by atoms with E-state index in [0.717, 1.165) is 6.20 Å². The molecule has 3 heterocycles. The van der Waals surface area contributed by atoms with Gasteiger partial charge in [-0.15, -0.1) is 0 Å². The lowest BCUT2D eigenvalue weighted by Crippen LogP contribution is -2.55. The van der Waals surface area contributed by atoms with Gasteiger partial charge in [-0.05, 0) is 33.6 Å². The Kier molecular flexibility index (Phi) is 3.58. The van der Waals surface area contributed by atoms with Crippen molar-refractivity contribution in [2.24, 2.45) is 0 Å². The largest absolute Gasteiger partial charge is 0.365 e. The fourth-order valence-corrected chi connectivity index (χ4v) is 3.81. The third-order valence-corrected chi connectivity index (χ3v) is 4.66. The Balaban J connectivity index is 1.78. The first kappa shape index (κ1) is 15.5. The van der Waals surface area contributed by atoms with Gasteiger partial charge in [0.15, 0.2) is 11.6 Å². The van der Waals surface area contributed by atoms with Crippen LogP contribution in [-0.4, -0.2) is 45.0 Å². The van der Waals surface area contributed by atoms with Crippen LogP contribution in [0.1, 0.15) is 38.9 Å². The van der Waals surface area contributed by atoms with Crippen molar-refractivity contribution in [3.8, 4) is 0 Å². The Morgan fingerprint density at radius 1 is 1.32 bits per heavy atom. The Morgan fingerprint density at radius 3 is 2.77 bits per heavy atom. The highest BCUT2D eigenvalue weighted by Gasteiger charge is 2.53. The molecule has 1 aromatic heterocycles. The topological polar surface area (TPSA) is 41.1 Å². The van der Waals surface area contributed by atoms with Crippen molar-refractivity contribution in [3.05, 3.63) is 17.8 Å². The number of piperidine rings is 1. The lowest BCUT2D eigenvalue weighted by Gasteiger charge is -2.47. The lowest BCUT2D eigenvalue weighted by molar-refractivity contribution is -0.00687. The first-order valence-corrected chi connectivity index (χ1v) is 7.57. The van der Waals surface area contributed by atoms with Gasteiger partial charge in [-0.2, -0.15) is 0 Å². The number of rotatable bonds is 2. The van der Waals surface area contributed by atoms with E-state index in [0.29, 0.717) is 18.7 Å². The minimum absolute atomic E-state index is 0.0750. The van der Waals surface area contributed by atoms with Gasteiger partial charge in [-0.25, -0.2) is 23.1 Å². The quantitative estimate of drug-likeness (QED) is 0.911. The Morgan fingerprint density at radius 2 is 2.05 bits per heavy atom. The molecule has 2 aliphatic heterocycles. The summed E-state index contributed by atoms with van der Waals surface area (Å²) in [5, 5.41) is 3.09. The van der Waals surface area contributed by atoms with Gasteiger partial charge in [-0.3, -0.25) is 4.90 Å². The predicted molar refractivity (Wildman–Crippen MR) is 77.5 cm³/mol. The van der Waals surface area contributed by atoms with Crippen molar-refractivity contribution in [2.75, 3.05) is 11.9 Å². The minimum Gasteiger partial charge on any atom is -0.365 e. The van der Waals surface area contributed by atoms with Crippen LogP contribution in [0.15, 0.2) is 6.20 Å². The van der Waals surface area contributed by atoms with Crippen LogP contribution in [0.3, 0.4) is 0 Å². The average molecular weight is 314 g/mol. The van der Waals surface area contributed by atoms with Crippen LogP contribution in [0.2, 0.25) is 0 Å². The molecule has 2 atom stereocenters. The number of aromatic nitrogens is 2. The van der Waals surface area contributed by atoms with Crippen LogP contribution in [0.4, 0.5) is 19.0 Å². The van der Waals surface area contributed by atoms with Crippen LogP contribution in [0, 0.1) is 12.7 Å². The first-order valence-electron chi connectivity index (χ1n) is 7.57. The summed E-state index contributed by atoms with van der Waals surface area (Å²) in [6.07, 6.45) is 2.25. The molecule has 0 saturated carbocycles. The van der Waals surface area contributed by atoms with E-state index in [1.165, 1.54) is 0 Å². The molecule has 0 aromatic carbocycles. The maximum absolute atomic E-state index is 13.8. The summed E-state index contributed by atoms with van der Waals surface area (Å²) in [6, 6.07) is -0.254. The molecule has 0 bridgehead atoms. The van der Waals surface area contributed by atoms with Crippen LogP contribution >= 0.6 is 0 Å². The monoisotopic (exact) mass is 314 g/mol. The van der Waals surface area contributed by atoms with Gasteiger partial charge in [0.25, 0.3) is 5.92 Å². The average Bonchev–Trinajstić information content (AvgIpc) is 2.69. The number of halogens is 3. The maximum Gasteiger partial charge on any atom is 0.262 e. The van der Waals surface area contributed by atoms with E-state index in [1.807, 2.05) is 18.7 Å². The number of hydrogen-bond donors (Lipinski definition) is 1. The molecule has 4 nitrogen and oxygen atoms in total. The first-order chi connectivity index (χ1) is 10.2. The predicted octanol–water partition coefficient (Wildman–Crippen LogP) is 2.99. The van der Waals surface area contributed by atoms with E-state index in [4.69, 9.17) is 0 Å². The number of aryl methyl sites for hydroxylation is 1. The smallest absolute Gasteiger partial charge is 0.262 e. The van der Waals surface area contributed by atoms with Gasteiger partial charge in [0.1, 0.15) is 5.82 Å². The van der Waals surface area contributed by atoms with Crippen molar-refractivity contribution < 1.29 is 13.2 Å². The maximum atomic E-state index is 13.8. The number of fused-ring (bicyclic) bond motifs is 1. The number of nitrogens with zero attached hydrogens (tertiary/aromatic N) is 3. The van der Waals surface area contributed by atoms with Crippen molar-refractivity contribution in [1.29, 1.82) is 0 Å². The van der Waals surface area contributed by atoms with Gasteiger partial charge >= 0.3 is 0 Å². The highest BCUT2D eigenvalue weighted by atomic mass is 19.3. The fourth-order valence-electron chi connectivity index (χ4n) is 3.81. The van der Waals surface area contributed by atoms with Crippen LogP contribution < -0.4 is 5.32 Å². The standard InChI is InChI=1S/C15H21F3N4/c1-9-19-7-12(16)13(20-9)21-10-4-11-6-15(17,18)8-22(11)14(2,3)5-10/h7,10-11H,4-6,8H2,1-3H3,(H,19,20,21). The molecular formula is C15H21F3N4. The molecule has 2 aliphatic rings. The van der Waals surface area contributed by atoms with Gasteiger partial charge in [0, 0.05) is 24.0 Å². The van der Waals surface area contributed by atoms with Crippen LogP contribution in [0.25, 0.3) is 0 Å². The Hall–Kier alpha value is -1.37. The molecule has 0 aliphatic carbocycles. The van der Waals surface area contributed by atoms with E-state index in [9.17, 15) is 13.2 Å². The normalized spacial score (nSPS) is 30.1. The summed E-state index contributed by atoms with van der Waals surface area (Å²) >= 11 is 0. The molecule has 2 unspecified atom stereocenters. The third kappa shape index (κ3) is 2.91. The second-order valence-electron chi connectivity index (χ2n) is 7.05. The molecule has 1 N–H and O–H groups in total. The molecule has 3 rings (SSSR count). The van der Waals surface area contributed by atoms with Crippen LogP contribution in [0.5, 0.6) is 0 Å². The highest BCUT2D eigenvalue weighted by molar-refractivity contribution is 5.37. The third-order valence-electron chi connectivity index (χ3n) is 4.66. The van der Waals surface area contributed by atoms with E-state index in [1.54, 1.807) is 6.92 Å². The van der Waals surface area contributed by atoms with E-state index < -0.39 is 11.7 Å². The van der Waals surface area contributed by atoms with Crippen molar-refractivity contribution in [3.63, 3.8) is 0 Å². The van der Waals surface area contributed by atoms with Gasteiger partial charge < -0.3 is 5.32 Å². The lowest BCUT2D eigenvalue weighted by atomic mass is 9.84. The second-order valence-corrected chi connectivity index (χ2v) is 7.05. The number of hydrogen-bond acceptors (Lipinski definition) is 4. The highest BCUT2D eigenvalue weighted by Crippen LogP contribution is 2.43. The molecule has 122 valence electrons. The van der Waals surface area contributed by atoms with Gasteiger partial charge in [0.2, 0.25) is 0 Å². The molecule has 22 heavy (non-hydrogen) atoms. The second kappa shape index (κ2) is 5.08. The Labute approximate surface area is 128 Å². The molecular weight excluding hydrogens is 293 g/mol. The molecule has 0 amide bonds. The Bertz CT molecular complexity index is 576. The summed E-state index contributed by atoms with van der Waals surface area (Å²) < 4.78 is 41.2. The summed E-state index contributed by atoms with van der Waals surface area (Å²) in [7, 11) is 0. The van der Waals surface area contributed by atoms with E-state index in [2.05, 4.69) is 15.3 Å². The number of anilines is 1. The summed E-state index contributed by atoms with van der Waals surface area (Å²) in [5.41, 5.74) is -0.348. The fraction of sp³-hybridized carbons (Fsp3) is 0.733. The van der Waals surface area contributed by atoms with Crippen molar-refractivity contribution >= 4 is 5.82 Å². The van der Waals surface area contributed by atoms with Gasteiger partial charge in [-0.1, -0.05) is 0 Å². The molecule has 2 saturated heterocycles.